The molecule has 0 unspecified atom stereocenters. The Balaban J connectivity index is 1.72. The first-order valence-electron chi connectivity index (χ1n) is 8.06. The highest BCUT2D eigenvalue weighted by Gasteiger charge is 2.08. The molecule has 2 N–H and O–H groups in total. The lowest BCUT2D eigenvalue weighted by molar-refractivity contribution is -0.118. The van der Waals surface area contributed by atoms with Crippen LogP contribution in [0.25, 0.3) is 10.9 Å². The number of amides is 1. The van der Waals surface area contributed by atoms with Crippen molar-refractivity contribution in [3.8, 4) is 5.75 Å². The van der Waals surface area contributed by atoms with E-state index in [0.29, 0.717) is 22.5 Å². The van der Waals surface area contributed by atoms with Gasteiger partial charge in [-0.25, -0.2) is 0 Å². The Morgan fingerprint density at radius 1 is 1.04 bits per heavy atom. The fourth-order valence-corrected chi connectivity index (χ4v) is 2.62. The van der Waals surface area contributed by atoms with Gasteiger partial charge < -0.3 is 15.0 Å². The van der Waals surface area contributed by atoms with Gasteiger partial charge in [-0.15, -0.1) is 0 Å². The molecule has 128 valence electrons. The summed E-state index contributed by atoms with van der Waals surface area (Å²) >= 11 is 0. The number of pyridine rings is 1. The number of hydrogen-bond donors (Lipinski definition) is 2. The van der Waals surface area contributed by atoms with Crippen LogP contribution < -0.4 is 15.6 Å². The van der Waals surface area contributed by atoms with Gasteiger partial charge in [0.1, 0.15) is 5.75 Å². The van der Waals surface area contributed by atoms with Crippen molar-refractivity contribution in [3.05, 3.63) is 69.5 Å². The molecule has 3 rings (SSSR count). The molecule has 0 aliphatic carbocycles. The normalized spacial score (nSPS) is 10.7. The fraction of sp³-hybridized carbons (Fsp3) is 0.200. The van der Waals surface area contributed by atoms with Crippen LogP contribution in [0.2, 0.25) is 0 Å². The van der Waals surface area contributed by atoms with Crippen LogP contribution in [0.4, 0.5) is 5.69 Å². The number of carbonyl (C=O) groups excluding carboxylic acids is 1. The number of aromatic amines is 1. The molecule has 1 amide bonds. The van der Waals surface area contributed by atoms with Crippen molar-refractivity contribution in [1.82, 2.24) is 4.98 Å². The summed E-state index contributed by atoms with van der Waals surface area (Å²) in [5.74, 6) is 0.390. The third kappa shape index (κ3) is 3.71. The van der Waals surface area contributed by atoms with E-state index in [-0.39, 0.29) is 18.1 Å². The van der Waals surface area contributed by atoms with Crippen molar-refractivity contribution in [3.63, 3.8) is 0 Å². The largest absolute Gasteiger partial charge is 0.484 e. The molecule has 5 nitrogen and oxygen atoms in total. The van der Waals surface area contributed by atoms with Crippen molar-refractivity contribution in [2.24, 2.45) is 0 Å². The molecular weight excluding hydrogens is 316 g/mol. The Bertz CT molecular complexity index is 988. The minimum Gasteiger partial charge on any atom is -0.484 e. The molecule has 0 bridgehead atoms. The zero-order chi connectivity index (χ0) is 18.0. The summed E-state index contributed by atoms with van der Waals surface area (Å²) in [4.78, 5) is 26.8. The molecule has 1 heterocycles. The topological polar surface area (TPSA) is 71.2 Å². The smallest absolute Gasteiger partial charge is 0.262 e. The number of H-pyrrole nitrogens is 1. The number of anilines is 1. The summed E-state index contributed by atoms with van der Waals surface area (Å²) in [5.41, 5.74) is 3.98. The van der Waals surface area contributed by atoms with E-state index in [4.69, 9.17) is 4.74 Å². The first kappa shape index (κ1) is 16.8. The SMILES string of the molecule is Cc1ccc(OCC(=O)Nc2ccc3c(C)c(C)c(=O)[nH]c3c2)cc1. The number of nitrogens with one attached hydrogen (secondary N) is 2. The molecule has 0 atom stereocenters. The second-order valence-corrected chi connectivity index (χ2v) is 6.11. The standard InChI is InChI=1S/C20H20N2O3/c1-12-4-7-16(8-5-12)25-11-19(23)21-15-6-9-17-13(2)14(3)20(24)22-18(17)10-15/h4-10H,11H2,1-3H3,(H,21,23)(H,22,24). The number of fused-ring (bicyclic) bond motifs is 1. The molecule has 0 radical (unpaired) electrons. The van der Waals surface area contributed by atoms with Gasteiger partial charge in [-0.2, -0.15) is 0 Å². The molecule has 2 aromatic carbocycles. The average molecular weight is 336 g/mol. The summed E-state index contributed by atoms with van der Waals surface area (Å²) < 4.78 is 5.47. The number of ether oxygens (including phenoxy) is 1. The highest BCUT2D eigenvalue weighted by Crippen LogP contribution is 2.21. The Morgan fingerprint density at radius 3 is 2.48 bits per heavy atom. The minimum atomic E-state index is -0.258. The van der Waals surface area contributed by atoms with Crippen LogP contribution in [-0.4, -0.2) is 17.5 Å². The van der Waals surface area contributed by atoms with Gasteiger partial charge in [0.05, 0.1) is 5.52 Å². The molecular formula is C20H20N2O3. The van der Waals surface area contributed by atoms with E-state index in [1.54, 1.807) is 13.0 Å². The van der Waals surface area contributed by atoms with Gasteiger partial charge in [0.15, 0.2) is 6.61 Å². The maximum absolute atomic E-state index is 12.1. The molecule has 0 fully saturated rings. The number of hydrogen-bond acceptors (Lipinski definition) is 3. The summed E-state index contributed by atoms with van der Waals surface area (Å²) in [6.45, 7) is 5.63. The van der Waals surface area contributed by atoms with Crippen LogP contribution in [-0.2, 0) is 4.79 Å². The van der Waals surface area contributed by atoms with Crippen LogP contribution in [0, 0.1) is 20.8 Å². The van der Waals surface area contributed by atoms with Gasteiger partial charge in [-0.1, -0.05) is 23.8 Å². The predicted molar refractivity (Wildman–Crippen MR) is 99.3 cm³/mol. The Kier molecular flexibility index (Phi) is 4.57. The van der Waals surface area contributed by atoms with Crippen molar-refractivity contribution >= 4 is 22.5 Å². The van der Waals surface area contributed by atoms with Crippen molar-refractivity contribution < 1.29 is 9.53 Å². The summed E-state index contributed by atoms with van der Waals surface area (Å²) in [6.07, 6.45) is 0. The number of benzene rings is 2. The minimum absolute atomic E-state index is 0.0788. The van der Waals surface area contributed by atoms with Crippen LogP contribution in [0.5, 0.6) is 5.75 Å². The molecule has 1 aromatic heterocycles. The van der Waals surface area contributed by atoms with Crippen molar-refractivity contribution in [2.45, 2.75) is 20.8 Å². The summed E-state index contributed by atoms with van der Waals surface area (Å²) in [6, 6.07) is 13.0. The predicted octanol–water partition coefficient (Wildman–Crippen LogP) is 3.47. The van der Waals surface area contributed by atoms with Gasteiger partial charge in [0.2, 0.25) is 0 Å². The summed E-state index contributed by atoms with van der Waals surface area (Å²) in [7, 11) is 0. The van der Waals surface area contributed by atoms with Crippen molar-refractivity contribution in [2.75, 3.05) is 11.9 Å². The second-order valence-electron chi connectivity index (χ2n) is 6.11. The van der Waals surface area contributed by atoms with E-state index in [2.05, 4.69) is 10.3 Å². The quantitative estimate of drug-likeness (QED) is 0.766. The van der Waals surface area contributed by atoms with E-state index in [1.807, 2.05) is 50.2 Å². The average Bonchev–Trinajstić information content (AvgIpc) is 2.59. The van der Waals surface area contributed by atoms with Crippen LogP contribution in [0.15, 0.2) is 47.3 Å². The molecule has 0 saturated carbocycles. The second kappa shape index (κ2) is 6.81. The highest BCUT2D eigenvalue weighted by molar-refractivity contribution is 5.95. The molecule has 0 spiro atoms. The zero-order valence-corrected chi connectivity index (χ0v) is 14.5. The van der Waals surface area contributed by atoms with E-state index in [9.17, 15) is 9.59 Å². The van der Waals surface area contributed by atoms with E-state index >= 15 is 0 Å². The lowest BCUT2D eigenvalue weighted by atomic mass is 10.1. The number of aryl methyl sites for hydroxylation is 2. The van der Waals surface area contributed by atoms with Gasteiger partial charge in [0, 0.05) is 16.6 Å². The Labute approximate surface area is 145 Å². The fourth-order valence-electron chi connectivity index (χ4n) is 2.62. The lowest BCUT2D eigenvalue weighted by Gasteiger charge is -2.10. The lowest BCUT2D eigenvalue weighted by Crippen LogP contribution is -2.20. The molecule has 5 heteroatoms. The Morgan fingerprint density at radius 2 is 1.76 bits per heavy atom. The zero-order valence-electron chi connectivity index (χ0n) is 14.5. The molecule has 3 aromatic rings. The first-order chi connectivity index (χ1) is 11.9. The number of carbonyl (C=O) groups is 1. The van der Waals surface area contributed by atoms with Crippen molar-refractivity contribution in [1.29, 1.82) is 0 Å². The van der Waals surface area contributed by atoms with E-state index in [1.165, 1.54) is 0 Å². The molecule has 0 aliphatic heterocycles. The maximum atomic E-state index is 12.1. The molecule has 0 aliphatic rings. The highest BCUT2D eigenvalue weighted by atomic mass is 16.5. The monoisotopic (exact) mass is 336 g/mol. The number of rotatable bonds is 4. The van der Waals surface area contributed by atoms with Crippen LogP contribution in [0.1, 0.15) is 16.7 Å². The first-order valence-corrected chi connectivity index (χ1v) is 8.06. The summed E-state index contributed by atoms with van der Waals surface area (Å²) in [5, 5.41) is 3.75. The van der Waals surface area contributed by atoms with Crippen LogP contribution in [0.3, 0.4) is 0 Å². The van der Waals surface area contributed by atoms with Gasteiger partial charge in [-0.3, -0.25) is 9.59 Å². The maximum Gasteiger partial charge on any atom is 0.262 e. The van der Waals surface area contributed by atoms with Gasteiger partial charge in [0.25, 0.3) is 11.5 Å². The molecule has 0 saturated heterocycles. The molecule has 25 heavy (non-hydrogen) atoms. The Hall–Kier alpha value is -3.08. The third-order valence-corrected chi connectivity index (χ3v) is 4.25. The van der Waals surface area contributed by atoms with E-state index < -0.39 is 0 Å². The van der Waals surface area contributed by atoms with E-state index in [0.717, 1.165) is 16.5 Å². The van der Waals surface area contributed by atoms with Gasteiger partial charge >= 0.3 is 0 Å². The van der Waals surface area contributed by atoms with Gasteiger partial charge in [-0.05, 0) is 50.6 Å². The van der Waals surface area contributed by atoms with Crippen LogP contribution >= 0.6 is 0 Å². The number of aromatic nitrogens is 1. The third-order valence-electron chi connectivity index (χ3n) is 4.25.